The van der Waals surface area contributed by atoms with E-state index in [0.29, 0.717) is 16.8 Å². The molecule has 0 radical (unpaired) electrons. The Hall–Kier alpha value is -3.73. The van der Waals surface area contributed by atoms with E-state index in [1.165, 1.54) is 6.07 Å². The highest BCUT2D eigenvalue weighted by molar-refractivity contribution is 6.34. The van der Waals surface area contributed by atoms with Crippen LogP contribution in [-0.4, -0.2) is 17.7 Å². The van der Waals surface area contributed by atoms with Crippen molar-refractivity contribution in [1.82, 2.24) is 5.32 Å². The molecule has 0 aliphatic carbocycles. The number of benzene rings is 3. The molecule has 1 aliphatic heterocycles. The normalized spacial score (nSPS) is 13.9. The van der Waals surface area contributed by atoms with E-state index in [1.54, 1.807) is 24.3 Å². The third kappa shape index (κ3) is 3.43. The van der Waals surface area contributed by atoms with Gasteiger partial charge in [-0.15, -0.1) is 0 Å². The smallest absolute Gasteiger partial charge is 0.266 e. The SMILES string of the molecule is Cc1ccc(N2C(=O)c3ccc(C(=O)NC(C)c4ccccc4)cc3C2=O)cc1. The molecule has 0 aromatic heterocycles. The molecule has 0 spiro atoms. The highest BCUT2D eigenvalue weighted by Crippen LogP contribution is 2.29. The van der Waals surface area contributed by atoms with Crippen LogP contribution in [0.5, 0.6) is 0 Å². The Morgan fingerprint density at radius 2 is 1.52 bits per heavy atom. The van der Waals surface area contributed by atoms with Gasteiger partial charge in [0.15, 0.2) is 0 Å². The summed E-state index contributed by atoms with van der Waals surface area (Å²) in [5.41, 5.74) is 3.44. The van der Waals surface area contributed by atoms with E-state index in [4.69, 9.17) is 0 Å². The van der Waals surface area contributed by atoms with Crippen molar-refractivity contribution in [1.29, 1.82) is 0 Å². The number of aryl methyl sites for hydroxylation is 1. The van der Waals surface area contributed by atoms with Crippen molar-refractivity contribution in [3.8, 4) is 0 Å². The second-order valence-electron chi connectivity index (χ2n) is 7.15. The van der Waals surface area contributed by atoms with Gasteiger partial charge in [0.2, 0.25) is 0 Å². The summed E-state index contributed by atoms with van der Waals surface area (Å²) in [6.07, 6.45) is 0. The number of hydrogen-bond donors (Lipinski definition) is 1. The van der Waals surface area contributed by atoms with Gasteiger partial charge in [0.05, 0.1) is 22.9 Å². The molecule has 0 saturated carbocycles. The fourth-order valence-electron chi connectivity index (χ4n) is 3.42. The molecule has 1 atom stereocenters. The minimum Gasteiger partial charge on any atom is -0.346 e. The lowest BCUT2D eigenvalue weighted by molar-refractivity contribution is 0.0922. The molecule has 29 heavy (non-hydrogen) atoms. The van der Waals surface area contributed by atoms with Crippen molar-refractivity contribution in [2.75, 3.05) is 4.90 Å². The Morgan fingerprint density at radius 3 is 2.21 bits per heavy atom. The molecule has 1 heterocycles. The number of carbonyl (C=O) groups excluding carboxylic acids is 3. The average molecular weight is 384 g/mol. The number of nitrogens with one attached hydrogen (secondary N) is 1. The zero-order valence-corrected chi connectivity index (χ0v) is 16.2. The topological polar surface area (TPSA) is 66.5 Å². The van der Waals surface area contributed by atoms with Crippen LogP contribution < -0.4 is 10.2 Å². The first kappa shape index (κ1) is 18.6. The molecular weight excluding hydrogens is 364 g/mol. The molecule has 0 fully saturated rings. The summed E-state index contributed by atoms with van der Waals surface area (Å²) >= 11 is 0. The monoisotopic (exact) mass is 384 g/mol. The second-order valence-corrected chi connectivity index (χ2v) is 7.15. The van der Waals surface area contributed by atoms with Gasteiger partial charge in [-0.2, -0.15) is 0 Å². The van der Waals surface area contributed by atoms with Gasteiger partial charge < -0.3 is 5.32 Å². The third-order valence-corrected chi connectivity index (χ3v) is 5.09. The summed E-state index contributed by atoms with van der Waals surface area (Å²) in [6, 6.07) is 21.3. The van der Waals surface area contributed by atoms with Crippen LogP contribution in [-0.2, 0) is 0 Å². The number of hydrogen-bond acceptors (Lipinski definition) is 3. The number of imide groups is 1. The Kier molecular flexibility index (Phi) is 4.72. The standard InChI is InChI=1S/C24H20N2O3/c1-15-8-11-19(12-9-15)26-23(28)20-13-10-18(14-21(20)24(26)29)22(27)25-16(2)17-6-4-3-5-7-17/h3-14,16H,1-2H3,(H,25,27). The zero-order chi connectivity index (χ0) is 20.5. The summed E-state index contributed by atoms with van der Waals surface area (Å²) in [7, 11) is 0. The maximum Gasteiger partial charge on any atom is 0.266 e. The van der Waals surface area contributed by atoms with Crippen LogP contribution in [0.15, 0.2) is 72.8 Å². The third-order valence-electron chi connectivity index (χ3n) is 5.09. The fraction of sp³-hybridized carbons (Fsp3) is 0.125. The van der Waals surface area contributed by atoms with E-state index in [1.807, 2.05) is 56.3 Å². The van der Waals surface area contributed by atoms with E-state index < -0.39 is 5.91 Å². The van der Waals surface area contributed by atoms with Gasteiger partial charge in [0, 0.05) is 5.56 Å². The Bertz CT molecular complexity index is 1100. The largest absolute Gasteiger partial charge is 0.346 e. The van der Waals surface area contributed by atoms with Crippen LogP contribution in [0.4, 0.5) is 5.69 Å². The van der Waals surface area contributed by atoms with E-state index in [0.717, 1.165) is 16.0 Å². The van der Waals surface area contributed by atoms with Crippen LogP contribution in [0.25, 0.3) is 0 Å². The molecule has 1 unspecified atom stereocenters. The van der Waals surface area contributed by atoms with Gasteiger partial charge in [0.25, 0.3) is 17.7 Å². The van der Waals surface area contributed by atoms with Gasteiger partial charge in [-0.05, 0) is 49.7 Å². The lowest BCUT2D eigenvalue weighted by Crippen LogP contribution is -2.29. The maximum atomic E-state index is 12.9. The average Bonchev–Trinajstić information content (AvgIpc) is 2.99. The molecule has 3 aromatic carbocycles. The molecule has 1 aliphatic rings. The first-order valence-corrected chi connectivity index (χ1v) is 9.41. The van der Waals surface area contributed by atoms with Crippen molar-refractivity contribution in [3.05, 3.63) is 101 Å². The first-order valence-electron chi connectivity index (χ1n) is 9.41. The number of fused-ring (bicyclic) bond motifs is 1. The Morgan fingerprint density at radius 1 is 0.862 bits per heavy atom. The Labute approximate surface area is 169 Å². The van der Waals surface area contributed by atoms with E-state index in [-0.39, 0.29) is 23.4 Å². The Balaban J connectivity index is 1.58. The van der Waals surface area contributed by atoms with Gasteiger partial charge >= 0.3 is 0 Å². The summed E-state index contributed by atoms with van der Waals surface area (Å²) < 4.78 is 0. The highest BCUT2D eigenvalue weighted by Gasteiger charge is 2.37. The minimum atomic E-state index is -0.417. The summed E-state index contributed by atoms with van der Waals surface area (Å²) in [4.78, 5) is 39.5. The molecule has 5 nitrogen and oxygen atoms in total. The number of rotatable bonds is 4. The van der Waals surface area contributed by atoms with Crippen LogP contribution in [0.1, 0.15) is 55.2 Å². The van der Waals surface area contributed by atoms with Crippen molar-refractivity contribution in [2.24, 2.45) is 0 Å². The predicted molar refractivity (Wildman–Crippen MR) is 111 cm³/mol. The fourth-order valence-corrected chi connectivity index (χ4v) is 3.42. The van der Waals surface area contributed by atoms with E-state index >= 15 is 0 Å². The molecule has 3 amide bonds. The molecule has 0 bridgehead atoms. The molecule has 3 aromatic rings. The summed E-state index contributed by atoms with van der Waals surface area (Å²) in [6.45, 7) is 3.84. The molecular formula is C24H20N2O3. The van der Waals surface area contributed by atoms with Gasteiger partial charge in [-0.25, -0.2) is 4.90 Å². The molecule has 0 saturated heterocycles. The van der Waals surface area contributed by atoms with Crippen molar-refractivity contribution in [2.45, 2.75) is 19.9 Å². The van der Waals surface area contributed by atoms with Gasteiger partial charge in [0.1, 0.15) is 0 Å². The second kappa shape index (κ2) is 7.36. The van der Waals surface area contributed by atoms with Crippen LogP contribution in [0, 0.1) is 6.92 Å². The molecule has 1 N–H and O–H groups in total. The number of anilines is 1. The van der Waals surface area contributed by atoms with E-state index in [9.17, 15) is 14.4 Å². The van der Waals surface area contributed by atoms with Crippen LogP contribution in [0.3, 0.4) is 0 Å². The number of carbonyl (C=O) groups is 3. The van der Waals surface area contributed by atoms with Crippen LogP contribution >= 0.6 is 0 Å². The zero-order valence-electron chi connectivity index (χ0n) is 16.2. The van der Waals surface area contributed by atoms with Gasteiger partial charge in [-0.1, -0.05) is 48.0 Å². The lowest BCUT2D eigenvalue weighted by Gasteiger charge is -2.14. The summed E-state index contributed by atoms with van der Waals surface area (Å²) in [5.74, 6) is -1.09. The predicted octanol–water partition coefficient (Wildman–Crippen LogP) is 4.29. The van der Waals surface area contributed by atoms with E-state index in [2.05, 4.69) is 5.32 Å². The van der Waals surface area contributed by atoms with Crippen molar-refractivity contribution < 1.29 is 14.4 Å². The van der Waals surface area contributed by atoms with Crippen molar-refractivity contribution >= 4 is 23.4 Å². The summed E-state index contributed by atoms with van der Waals surface area (Å²) in [5, 5.41) is 2.93. The lowest BCUT2D eigenvalue weighted by atomic mass is 10.0. The number of amides is 3. The first-order chi connectivity index (χ1) is 14.0. The van der Waals surface area contributed by atoms with Gasteiger partial charge in [-0.3, -0.25) is 14.4 Å². The molecule has 144 valence electrons. The molecule has 4 rings (SSSR count). The van der Waals surface area contributed by atoms with Crippen LogP contribution in [0.2, 0.25) is 0 Å². The minimum absolute atomic E-state index is 0.182. The van der Waals surface area contributed by atoms with Crippen molar-refractivity contribution in [3.63, 3.8) is 0 Å². The number of nitrogens with zero attached hydrogens (tertiary/aromatic N) is 1. The quantitative estimate of drug-likeness (QED) is 0.683. The highest BCUT2D eigenvalue weighted by atomic mass is 16.2. The molecule has 5 heteroatoms. The maximum absolute atomic E-state index is 12.9.